The van der Waals surface area contributed by atoms with Gasteiger partial charge >= 0.3 is 0 Å². The third kappa shape index (κ3) is 3.31. The minimum atomic E-state index is 0.693. The summed E-state index contributed by atoms with van der Waals surface area (Å²) in [6.07, 6.45) is 11.9. The summed E-state index contributed by atoms with van der Waals surface area (Å²) in [5.41, 5.74) is 1.41. The molecular weight excluding hydrogens is 196 g/mol. The second kappa shape index (κ2) is 6.00. The van der Waals surface area contributed by atoms with Crippen LogP contribution in [0, 0.1) is 5.92 Å². The molecule has 0 saturated heterocycles. The van der Waals surface area contributed by atoms with Crippen molar-refractivity contribution in [2.45, 2.75) is 44.6 Å². The van der Waals surface area contributed by atoms with Crippen LogP contribution in [0.3, 0.4) is 0 Å². The number of aryl methyl sites for hydroxylation is 1. The molecule has 1 fully saturated rings. The molecule has 0 amide bonds. The van der Waals surface area contributed by atoms with E-state index >= 15 is 0 Å². The van der Waals surface area contributed by atoms with Crippen molar-refractivity contribution in [3.05, 3.63) is 30.1 Å². The van der Waals surface area contributed by atoms with Crippen LogP contribution in [0.15, 0.2) is 24.5 Å². The van der Waals surface area contributed by atoms with Crippen LogP contribution in [-0.2, 0) is 6.42 Å². The maximum Gasteiger partial charge on any atom is 0.0270 e. The molecule has 2 nitrogen and oxygen atoms in total. The highest BCUT2D eigenvalue weighted by Crippen LogP contribution is 2.31. The van der Waals surface area contributed by atoms with Gasteiger partial charge in [-0.2, -0.15) is 0 Å². The minimum Gasteiger partial charge on any atom is -0.317 e. The summed E-state index contributed by atoms with van der Waals surface area (Å²) in [4.78, 5) is 4.05. The quantitative estimate of drug-likeness (QED) is 0.794. The van der Waals surface area contributed by atoms with Crippen LogP contribution in [0.2, 0.25) is 0 Å². The van der Waals surface area contributed by atoms with E-state index in [1.807, 2.05) is 12.4 Å². The van der Waals surface area contributed by atoms with Gasteiger partial charge in [0, 0.05) is 18.4 Å². The zero-order valence-corrected chi connectivity index (χ0v) is 10.2. The highest BCUT2D eigenvalue weighted by atomic mass is 14.9. The van der Waals surface area contributed by atoms with Crippen molar-refractivity contribution < 1.29 is 0 Å². The van der Waals surface area contributed by atoms with E-state index in [1.54, 1.807) is 0 Å². The van der Waals surface area contributed by atoms with Crippen molar-refractivity contribution in [2.24, 2.45) is 5.92 Å². The van der Waals surface area contributed by atoms with Crippen LogP contribution in [0.5, 0.6) is 0 Å². The zero-order chi connectivity index (χ0) is 11.2. The third-order valence-corrected chi connectivity index (χ3v) is 3.78. The predicted molar refractivity (Wildman–Crippen MR) is 67.4 cm³/mol. The van der Waals surface area contributed by atoms with Crippen LogP contribution in [0.4, 0.5) is 0 Å². The topological polar surface area (TPSA) is 24.9 Å². The summed E-state index contributed by atoms with van der Waals surface area (Å²) in [5.74, 6) is 0.995. The normalized spacial score (nSPS) is 18.1. The van der Waals surface area contributed by atoms with E-state index in [1.165, 1.54) is 44.1 Å². The molecule has 0 spiro atoms. The average molecular weight is 218 g/mol. The Balaban J connectivity index is 1.73. The number of pyridine rings is 1. The van der Waals surface area contributed by atoms with E-state index in [0.29, 0.717) is 6.04 Å². The summed E-state index contributed by atoms with van der Waals surface area (Å²) in [7, 11) is 2.09. The summed E-state index contributed by atoms with van der Waals surface area (Å²) in [6.45, 7) is 0. The molecular formula is C14H22N2. The SMILES string of the molecule is CNC(CCc1ccncc1)CC1CCC1. The first-order valence-electron chi connectivity index (χ1n) is 6.44. The van der Waals surface area contributed by atoms with Gasteiger partial charge in [-0.05, 0) is 49.9 Å². The Bertz CT molecular complexity index is 293. The van der Waals surface area contributed by atoms with Crippen LogP contribution in [-0.4, -0.2) is 18.1 Å². The fourth-order valence-corrected chi connectivity index (χ4v) is 2.40. The highest BCUT2D eigenvalue weighted by Gasteiger charge is 2.20. The van der Waals surface area contributed by atoms with Gasteiger partial charge in [-0.1, -0.05) is 19.3 Å². The Kier molecular flexibility index (Phi) is 4.34. The van der Waals surface area contributed by atoms with Gasteiger partial charge in [-0.25, -0.2) is 0 Å². The molecule has 0 aliphatic heterocycles. The molecule has 1 saturated carbocycles. The van der Waals surface area contributed by atoms with Gasteiger partial charge in [0.1, 0.15) is 0 Å². The summed E-state index contributed by atoms with van der Waals surface area (Å²) in [5, 5.41) is 3.46. The molecule has 1 atom stereocenters. The summed E-state index contributed by atoms with van der Waals surface area (Å²) >= 11 is 0. The molecule has 2 heteroatoms. The van der Waals surface area contributed by atoms with Crippen molar-refractivity contribution in [1.29, 1.82) is 0 Å². The van der Waals surface area contributed by atoms with Crippen LogP contribution in [0.25, 0.3) is 0 Å². The number of aromatic nitrogens is 1. The van der Waals surface area contributed by atoms with Crippen LogP contribution in [0.1, 0.15) is 37.7 Å². The lowest BCUT2D eigenvalue weighted by molar-refractivity contribution is 0.259. The lowest BCUT2D eigenvalue weighted by Crippen LogP contribution is -2.30. The Hall–Kier alpha value is -0.890. The zero-order valence-electron chi connectivity index (χ0n) is 10.2. The molecule has 1 unspecified atom stereocenters. The second-order valence-corrected chi connectivity index (χ2v) is 4.91. The number of hydrogen-bond donors (Lipinski definition) is 1. The molecule has 1 heterocycles. The summed E-state index contributed by atoms with van der Waals surface area (Å²) < 4.78 is 0. The lowest BCUT2D eigenvalue weighted by atomic mass is 9.80. The lowest BCUT2D eigenvalue weighted by Gasteiger charge is -2.29. The molecule has 0 bridgehead atoms. The van der Waals surface area contributed by atoms with Crippen molar-refractivity contribution >= 4 is 0 Å². The molecule has 1 N–H and O–H groups in total. The number of nitrogens with zero attached hydrogens (tertiary/aromatic N) is 1. The molecule has 1 aliphatic rings. The van der Waals surface area contributed by atoms with Gasteiger partial charge in [-0.3, -0.25) is 4.98 Å². The van der Waals surface area contributed by atoms with E-state index in [-0.39, 0.29) is 0 Å². The number of hydrogen-bond acceptors (Lipinski definition) is 2. The first-order chi connectivity index (χ1) is 7.88. The van der Waals surface area contributed by atoms with Crippen molar-refractivity contribution in [2.75, 3.05) is 7.05 Å². The van der Waals surface area contributed by atoms with Crippen LogP contribution >= 0.6 is 0 Å². The first-order valence-corrected chi connectivity index (χ1v) is 6.44. The van der Waals surface area contributed by atoms with Crippen molar-refractivity contribution in [3.63, 3.8) is 0 Å². The van der Waals surface area contributed by atoms with Gasteiger partial charge in [-0.15, -0.1) is 0 Å². The molecule has 0 radical (unpaired) electrons. The fraction of sp³-hybridized carbons (Fsp3) is 0.643. The Morgan fingerprint density at radius 3 is 2.69 bits per heavy atom. The largest absolute Gasteiger partial charge is 0.317 e. The van der Waals surface area contributed by atoms with Gasteiger partial charge in [0.15, 0.2) is 0 Å². The van der Waals surface area contributed by atoms with E-state index in [2.05, 4.69) is 29.5 Å². The average Bonchev–Trinajstić information content (AvgIpc) is 2.28. The van der Waals surface area contributed by atoms with Crippen LogP contribution < -0.4 is 5.32 Å². The molecule has 0 aromatic carbocycles. The standard InChI is InChI=1S/C14H22N2/c1-15-14(11-13-3-2-4-13)6-5-12-7-9-16-10-8-12/h7-10,13-15H,2-6,11H2,1H3. The molecule has 1 aromatic rings. The van der Waals surface area contributed by atoms with E-state index in [4.69, 9.17) is 0 Å². The molecule has 88 valence electrons. The molecule has 1 aliphatic carbocycles. The maximum atomic E-state index is 4.05. The van der Waals surface area contributed by atoms with E-state index in [9.17, 15) is 0 Å². The van der Waals surface area contributed by atoms with E-state index < -0.39 is 0 Å². The molecule has 1 aromatic heterocycles. The number of nitrogens with one attached hydrogen (secondary N) is 1. The van der Waals surface area contributed by atoms with Crippen molar-refractivity contribution in [1.82, 2.24) is 10.3 Å². The van der Waals surface area contributed by atoms with Gasteiger partial charge < -0.3 is 5.32 Å². The summed E-state index contributed by atoms with van der Waals surface area (Å²) in [6, 6.07) is 4.94. The maximum absolute atomic E-state index is 4.05. The van der Waals surface area contributed by atoms with E-state index in [0.717, 1.165) is 5.92 Å². The number of rotatable bonds is 6. The third-order valence-electron chi connectivity index (χ3n) is 3.78. The first kappa shape index (κ1) is 11.6. The van der Waals surface area contributed by atoms with Gasteiger partial charge in [0.05, 0.1) is 0 Å². The Labute approximate surface area is 98.5 Å². The highest BCUT2D eigenvalue weighted by molar-refractivity contribution is 5.09. The monoisotopic (exact) mass is 218 g/mol. The van der Waals surface area contributed by atoms with Crippen molar-refractivity contribution in [3.8, 4) is 0 Å². The predicted octanol–water partition coefficient (Wildman–Crippen LogP) is 2.79. The van der Waals surface area contributed by atoms with Gasteiger partial charge in [0.2, 0.25) is 0 Å². The Morgan fingerprint density at radius 2 is 2.12 bits per heavy atom. The smallest absolute Gasteiger partial charge is 0.0270 e. The molecule has 16 heavy (non-hydrogen) atoms. The molecule has 2 rings (SSSR count). The fourth-order valence-electron chi connectivity index (χ4n) is 2.40. The van der Waals surface area contributed by atoms with Gasteiger partial charge in [0.25, 0.3) is 0 Å². The second-order valence-electron chi connectivity index (χ2n) is 4.91. The Morgan fingerprint density at radius 1 is 1.38 bits per heavy atom. The minimum absolute atomic E-state index is 0.693.